The third kappa shape index (κ3) is 5.31. The molecule has 3 atom stereocenters. The molecule has 0 bridgehead atoms. The Morgan fingerprint density at radius 3 is 2.67 bits per heavy atom. The number of sulfonamides is 1. The number of aromatic nitrogens is 2. The summed E-state index contributed by atoms with van der Waals surface area (Å²) in [7, 11) is -2.04. The van der Waals surface area contributed by atoms with Crippen molar-refractivity contribution in [3.05, 3.63) is 114 Å². The first-order valence-electron chi connectivity index (χ1n) is 13.5. The summed E-state index contributed by atoms with van der Waals surface area (Å²) in [6.07, 6.45) is 6.61. The molecule has 40 heavy (non-hydrogen) atoms. The fraction of sp³-hybridized carbons (Fsp3) is 0.290. The van der Waals surface area contributed by atoms with Gasteiger partial charge in [0.2, 0.25) is 15.9 Å². The van der Waals surface area contributed by atoms with E-state index >= 15 is 0 Å². The van der Waals surface area contributed by atoms with Crippen LogP contribution in [-0.2, 0) is 34.8 Å². The summed E-state index contributed by atoms with van der Waals surface area (Å²) >= 11 is 0. The second-order valence-corrected chi connectivity index (χ2v) is 12.4. The number of hydrogen-bond donors (Lipinski definition) is 1. The molecule has 1 N–H and O–H groups in total. The topological polar surface area (TPSA) is 84.3 Å². The van der Waals surface area contributed by atoms with Crippen LogP contribution >= 0.6 is 0 Å². The predicted molar refractivity (Wildman–Crippen MR) is 151 cm³/mol. The summed E-state index contributed by atoms with van der Waals surface area (Å²) in [6, 6.07) is 20.5. The zero-order chi connectivity index (χ0) is 27.9. The Balaban J connectivity index is 1.32. The van der Waals surface area contributed by atoms with Crippen molar-refractivity contribution in [2.24, 2.45) is 13.0 Å². The Kier molecular flexibility index (Phi) is 7.02. The Morgan fingerprint density at radius 2 is 1.93 bits per heavy atom. The summed E-state index contributed by atoms with van der Waals surface area (Å²) in [5.74, 6) is 0.240. The molecule has 2 aliphatic rings. The molecule has 2 aliphatic carbocycles. The molecule has 3 aromatic carbocycles. The molecular weight excluding hydrogens is 527 g/mol. The van der Waals surface area contributed by atoms with E-state index < -0.39 is 21.9 Å². The van der Waals surface area contributed by atoms with Crippen LogP contribution in [0.1, 0.15) is 53.7 Å². The van der Waals surface area contributed by atoms with Crippen LogP contribution in [0.5, 0.6) is 0 Å². The maximum Gasteiger partial charge on any atom is 0.241 e. The van der Waals surface area contributed by atoms with Gasteiger partial charge in [-0.2, -0.15) is 0 Å². The first kappa shape index (κ1) is 26.4. The van der Waals surface area contributed by atoms with Crippen molar-refractivity contribution in [2.75, 3.05) is 4.90 Å². The Hall–Kier alpha value is -3.82. The molecular formula is C31H31FN4O3S. The minimum atomic E-state index is -3.95. The number of anilines is 1. The first-order valence-corrected chi connectivity index (χ1v) is 15.0. The lowest BCUT2D eigenvalue weighted by atomic mass is 9.87. The molecule has 0 unspecified atom stereocenters. The van der Waals surface area contributed by atoms with Gasteiger partial charge >= 0.3 is 0 Å². The molecule has 0 radical (unpaired) electrons. The zero-order valence-corrected chi connectivity index (χ0v) is 23.0. The number of carbonyl (C=O) groups excluding carboxylic acids is 1. The number of fused-ring (bicyclic) bond motifs is 1. The predicted octanol–water partition coefficient (Wildman–Crippen LogP) is 5.25. The number of carbonyl (C=O) groups is 1. The number of nitrogens with zero attached hydrogens (tertiary/aromatic N) is 3. The summed E-state index contributed by atoms with van der Waals surface area (Å²) in [4.78, 5) is 20.1. The van der Waals surface area contributed by atoms with Gasteiger partial charge in [0, 0.05) is 37.1 Å². The molecule has 7 nitrogen and oxygen atoms in total. The maximum absolute atomic E-state index is 14.0. The summed E-state index contributed by atoms with van der Waals surface area (Å²) < 4.78 is 44.8. The van der Waals surface area contributed by atoms with Crippen molar-refractivity contribution >= 4 is 21.6 Å². The lowest BCUT2D eigenvalue weighted by Gasteiger charge is -2.29. The number of amides is 1. The summed E-state index contributed by atoms with van der Waals surface area (Å²) in [5, 5.41) is 0. The molecule has 9 heteroatoms. The van der Waals surface area contributed by atoms with Gasteiger partial charge in [-0.1, -0.05) is 42.5 Å². The van der Waals surface area contributed by atoms with Crippen molar-refractivity contribution in [1.82, 2.24) is 14.3 Å². The second-order valence-electron chi connectivity index (χ2n) is 10.6. The number of aryl methyl sites for hydroxylation is 2. The SMILES string of the molecule is Cn1ccnc1CN(C(=O)[C@H]1C[C@@H]1c1ccccc1)c1ccc2c(c1)[C@@H](NS(=O)(=O)c1cccc(F)c1)CCC2. The second kappa shape index (κ2) is 10.6. The average Bonchev–Trinajstić information content (AvgIpc) is 3.66. The van der Waals surface area contributed by atoms with E-state index in [1.165, 1.54) is 18.2 Å². The first-order chi connectivity index (χ1) is 19.3. The van der Waals surface area contributed by atoms with Crippen LogP contribution in [0.15, 0.2) is 90.1 Å². The van der Waals surface area contributed by atoms with E-state index in [2.05, 4.69) is 21.8 Å². The van der Waals surface area contributed by atoms with Crippen LogP contribution in [0.3, 0.4) is 0 Å². The van der Waals surface area contributed by atoms with Crippen molar-refractivity contribution in [2.45, 2.75) is 49.1 Å². The van der Waals surface area contributed by atoms with E-state index in [1.807, 2.05) is 54.2 Å². The number of hydrogen-bond acceptors (Lipinski definition) is 4. The maximum atomic E-state index is 14.0. The van der Waals surface area contributed by atoms with Crippen molar-refractivity contribution < 1.29 is 17.6 Å². The zero-order valence-electron chi connectivity index (χ0n) is 22.2. The third-order valence-corrected chi connectivity index (χ3v) is 9.45. The number of halogens is 1. The standard InChI is InChI=1S/C31H31FN4O3S/c1-35-16-15-33-30(35)20-36(31(37)28-19-26(28)21-7-3-2-4-8-21)24-14-13-22-9-5-12-29(27(22)18-24)34-40(38,39)25-11-6-10-23(32)17-25/h2-4,6-8,10-11,13-18,26,28-29,34H,5,9,12,19-20H2,1H3/t26-,28+,29+/m1/s1. The lowest BCUT2D eigenvalue weighted by Crippen LogP contribution is -2.34. The quantitative estimate of drug-likeness (QED) is 0.320. The molecule has 1 heterocycles. The smallest absolute Gasteiger partial charge is 0.241 e. The van der Waals surface area contributed by atoms with Gasteiger partial charge in [-0.15, -0.1) is 0 Å². The molecule has 1 amide bonds. The van der Waals surface area contributed by atoms with E-state index in [9.17, 15) is 17.6 Å². The molecule has 0 aliphatic heterocycles. The number of imidazole rings is 1. The van der Waals surface area contributed by atoms with Gasteiger partial charge in [0.05, 0.1) is 11.4 Å². The Labute approximate surface area is 233 Å². The number of rotatable bonds is 8. The van der Waals surface area contributed by atoms with Crippen LogP contribution < -0.4 is 9.62 Å². The molecule has 1 fully saturated rings. The van der Waals surface area contributed by atoms with Crippen LogP contribution in [0, 0.1) is 11.7 Å². The molecule has 0 spiro atoms. The Bertz CT molecular complexity index is 1650. The van der Waals surface area contributed by atoms with Gasteiger partial charge in [0.15, 0.2) is 0 Å². The highest BCUT2D eigenvalue weighted by Gasteiger charge is 2.46. The molecule has 206 valence electrons. The van der Waals surface area contributed by atoms with E-state index in [4.69, 9.17) is 0 Å². The molecule has 0 saturated heterocycles. The highest BCUT2D eigenvalue weighted by Crippen LogP contribution is 2.49. The van der Waals surface area contributed by atoms with E-state index in [0.29, 0.717) is 18.7 Å². The van der Waals surface area contributed by atoms with Crippen molar-refractivity contribution in [3.63, 3.8) is 0 Å². The van der Waals surface area contributed by atoms with Gasteiger partial charge in [0.1, 0.15) is 11.6 Å². The molecule has 1 saturated carbocycles. The molecule has 6 rings (SSSR count). The van der Waals surface area contributed by atoms with Gasteiger partial charge in [-0.05, 0) is 78.6 Å². The normalized spacial score (nSPS) is 20.1. The van der Waals surface area contributed by atoms with Crippen molar-refractivity contribution in [1.29, 1.82) is 0 Å². The van der Waals surface area contributed by atoms with Crippen LogP contribution in [0.25, 0.3) is 0 Å². The van der Waals surface area contributed by atoms with Gasteiger partial charge in [-0.25, -0.2) is 22.5 Å². The highest BCUT2D eigenvalue weighted by molar-refractivity contribution is 7.89. The minimum Gasteiger partial charge on any atom is -0.337 e. The number of nitrogens with one attached hydrogen (secondary N) is 1. The van der Waals surface area contributed by atoms with Crippen LogP contribution in [0.4, 0.5) is 10.1 Å². The largest absolute Gasteiger partial charge is 0.337 e. The highest BCUT2D eigenvalue weighted by atomic mass is 32.2. The van der Waals surface area contributed by atoms with E-state index in [1.54, 1.807) is 11.1 Å². The van der Waals surface area contributed by atoms with E-state index in [-0.39, 0.29) is 22.6 Å². The van der Waals surface area contributed by atoms with E-state index in [0.717, 1.165) is 47.8 Å². The van der Waals surface area contributed by atoms with Gasteiger partial charge in [0.25, 0.3) is 0 Å². The summed E-state index contributed by atoms with van der Waals surface area (Å²) in [6.45, 7) is 0.304. The van der Waals surface area contributed by atoms with Crippen LogP contribution in [0.2, 0.25) is 0 Å². The van der Waals surface area contributed by atoms with Crippen molar-refractivity contribution in [3.8, 4) is 0 Å². The third-order valence-electron chi connectivity index (χ3n) is 7.98. The lowest BCUT2D eigenvalue weighted by molar-refractivity contribution is -0.120. The monoisotopic (exact) mass is 558 g/mol. The molecule has 4 aromatic rings. The Morgan fingerprint density at radius 1 is 1.10 bits per heavy atom. The van der Waals surface area contributed by atoms with Gasteiger partial charge < -0.3 is 9.47 Å². The minimum absolute atomic E-state index is 0.0319. The molecule has 1 aromatic heterocycles. The average molecular weight is 559 g/mol. The summed E-state index contributed by atoms with van der Waals surface area (Å²) in [5.41, 5.74) is 3.76. The fourth-order valence-electron chi connectivity index (χ4n) is 5.69. The fourth-order valence-corrected chi connectivity index (χ4v) is 6.97. The van der Waals surface area contributed by atoms with Crippen LogP contribution in [-0.4, -0.2) is 23.9 Å². The van der Waals surface area contributed by atoms with Gasteiger partial charge in [-0.3, -0.25) is 4.79 Å². The number of benzene rings is 3.